The van der Waals surface area contributed by atoms with Crippen LogP contribution >= 0.6 is 11.3 Å². The molecule has 8 heteroatoms. The first-order chi connectivity index (χ1) is 16.1. The van der Waals surface area contributed by atoms with Crippen molar-refractivity contribution in [3.63, 3.8) is 0 Å². The van der Waals surface area contributed by atoms with Gasteiger partial charge in [-0.25, -0.2) is 4.98 Å². The predicted octanol–water partition coefficient (Wildman–Crippen LogP) is 3.28. The second-order valence-electron chi connectivity index (χ2n) is 8.64. The summed E-state index contributed by atoms with van der Waals surface area (Å²) in [6.45, 7) is 2.98. The highest BCUT2D eigenvalue weighted by Gasteiger charge is 2.21. The smallest absolute Gasteiger partial charge is 0.259 e. The number of fused-ring (bicyclic) bond motifs is 3. The van der Waals surface area contributed by atoms with E-state index in [2.05, 4.69) is 9.88 Å². The van der Waals surface area contributed by atoms with E-state index in [0.717, 1.165) is 48.0 Å². The Labute approximate surface area is 198 Å². The van der Waals surface area contributed by atoms with E-state index < -0.39 is 6.10 Å². The molecule has 2 N–H and O–H groups in total. The number of hydrogen-bond acceptors (Lipinski definition) is 7. The third-order valence-corrected chi connectivity index (χ3v) is 7.15. The van der Waals surface area contributed by atoms with E-state index in [9.17, 15) is 9.90 Å². The summed E-state index contributed by atoms with van der Waals surface area (Å²) < 4.78 is 10.9. The molecule has 0 saturated heterocycles. The molecule has 1 aromatic carbocycles. The number of thiophene rings is 1. The van der Waals surface area contributed by atoms with Gasteiger partial charge in [0, 0.05) is 31.7 Å². The summed E-state index contributed by atoms with van der Waals surface area (Å²) in [5, 5.41) is 11.4. The zero-order valence-electron chi connectivity index (χ0n) is 19.2. The first-order valence-corrected chi connectivity index (χ1v) is 12.5. The Balaban J connectivity index is 1.40. The van der Waals surface area contributed by atoms with Crippen molar-refractivity contribution >= 4 is 21.6 Å². The highest BCUT2D eigenvalue weighted by atomic mass is 32.1. The molecule has 1 aliphatic carbocycles. The summed E-state index contributed by atoms with van der Waals surface area (Å²) >= 11 is 1.66. The fourth-order valence-corrected chi connectivity index (χ4v) is 5.68. The maximum absolute atomic E-state index is 12.9. The molecule has 0 radical (unpaired) electrons. The Morgan fingerprint density at radius 2 is 2.06 bits per heavy atom. The summed E-state index contributed by atoms with van der Waals surface area (Å²) in [7, 11) is 1.68. The van der Waals surface area contributed by atoms with Crippen molar-refractivity contribution in [2.24, 2.45) is 0 Å². The van der Waals surface area contributed by atoms with E-state index in [1.165, 1.54) is 16.9 Å². The third kappa shape index (κ3) is 6.49. The summed E-state index contributed by atoms with van der Waals surface area (Å²) in [5.74, 6) is 0.640. The number of aliphatic hydroxyl groups excluding tert-OH is 1. The molecule has 1 atom stereocenters. The van der Waals surface area contributed by atoms with Crippen LogP contribution in [0.5, 0.6) is 0 Å². The lowest BCUT2D eigenvalue weighted by atomic mass is 9.97. The van der Waals surface area contributed by atoms with Crippen molar-refractivity contribution in [3.8, 4) is 0 Å². The fourth-order valence-electron chi connectivity index (χ4n) is 4.40. The van der Waals surface area contributed by atoms with Crippen LogP contribution in [0.2, 0.25) is 0 Å². The van der Waals surface area contributed by atoms with Gasteiger partial charge in [-0.1, -0.05) is 30.3 Å². The van der Waals surface area contributed by atoms with Crippen LogP contribution in [0.4, 0.5) is 0 Å². The molecule has 178 valence electrons. The molecule has 7 nitrogen and oxygen atoms in total. The summed E-state index contributed by atoms with van der Waals surface area (Å²) in [6.07, 6.45) is 4.52. The van der Waals surface area contributed by atoms with Gasteiger partial charge < -0.3 is 19.6 Å². The Hall–Kier alpha value is -2.10. The molecule has 1 aliphatic rings. The zero-order valence-corrected chi connectivity index (χ0v) is 20.0. The number of nitrogens with zero attached hydrogens (tertiary/aromatic N) is 2. The van der Waals surface area contributed by atoms with E-state index in [1.807, 2.05) is 30.3 Å². The van der Waals surface area contributed by atoms with Crippen molar-refractivity contribution < 1.29 is 14.6 Å². The van der Waals surface area contributed by atoms with Crippen LogP contribution in [0.25, 0.3) is 10.2 Å². The van der Waals surface area contributed by atoms with Crippen LogP contribution < -0.4 is 5.56 Å². The van der Waals surface area contributed by atoms with Crippen LogP contribution in [-0.4, -0.2) is 59.5 Å². The minimum absolute atomic E-state index is 0.0435. The number of aromatic amines is 1. The molecule has 3 aromatic rings. The van der Waals surface area contributed by atoms with Gasteiger partial charge in [0.25, 0.3) is 5.56 Å². The molecule has 33 heavy (non-hydrogen) atoms. The SMILES string of the molecule is COCCCN(Cc1nc2sc3c(c2c(=O)[nH]1)CCCC3)C[C@H](O)COCc1ccccc1. The topological polar surface area (TPSA) is 87.7 Å². The molecular formula is C25H33N3O4S. The molecule has 2 heterocycles. The van der Waals surface area contributed by atoms with Crippen molar-refractivity contribution in [2.45, 2.75) is 51.4 Å². The number of rotatable bonds is 12. The summed E-state index contributed by atoms with van der Waals surface area (Å²) in [6, 6.07) is 9.92. The Kier molecular flexibility index (Phi) is 8.63. The number of ether oxygens (including phenoxy) is 2. The molecule has 2 aromatic heterocycles. The van der Waals surface area contributed by atoms with Crippen molar-refractivity contribution in [1.82, 2.24) is 14.9 Å². The summed E-state index contributed by atoms with van der Waals surface area (Å²) in [5.41, 5.74) is 2.23. The molecule has 0 spiro atoms. The lowest BCUT2D eigenvalue weighted by Gasteiger charge is -2.24. The van der Waals surface area contributed by atoms with Crippen molar-refractivity contribution in [3.05, 3.63) is 62.5 Å². The number of aryl methyl sites for hydroxylation is 2. The van der Waals surface area contributed by atoms with Gasteiger partial charge in [-0.05, 0) is 43.2 Å². The highest BCUT2D eigenvalue weighted by molar-refractivity contribution is 7.18. The number of benzene rings is 1. The summed E-state index contributed by atoms with van der Waals surface area (Å²) in [4.78, 5) is 24.9. The van der Waals surface area contributed by atoms with Crippen LogP contribution in [0.15, 0.2) is 35.1 Å². The number of methoxy groups -OCH3 is 1. The molecule has 0 aliphatic heterocycles. The number of aromatic nitrogens is 2. The van der Waals surface area contributed by atoms with E-state index in [4.69, 9.17) is 14.5 Å². The minimum Gasteiger partial charge on any atom is -0.389 e. The highest BCUT2D eigenvalue weighted by Crippen LogP contribution is 2.33. The molecule has 0 amide bonds. The second kappa shape index (κ2) is 11.9. The molecular weight excluding hydrogens is 438 g/mol. The number of H-pyrrole nitrogens is 1. The molecule has 4 rings (SSSR count). The molecule has 0 saturated carbocycles. The monoisotopic (exact) mass is 471 g/mol. The van der Waals surface area contributed by atoms with Gasteiger partial charge >= 0.3 is 0 Å². The van der Waals surface area contributed by atoms with E-state index in [1.54, 1.807) is 18.4 Å². The van der Waals surface area contributed by atoms with Crippen molar-refractivity contribution in [2.75, 3.05) is 33.4 Å². The average Bonchev–Trinajstić information content (AvgIpc) is 3.19. The fraction of sp³-hybridized carbons (Fsp3) is 0.520. The Morgan fingerprint density at radius 3 is 2.88 bits per heavy atom. The van der Waals surface area contributed by atoms with Gasteiger partial charge in [0.15, 0.2) is 0 Å². The van der Waals surface area contributed by atoms with Gasteiger partial charge in [0.05, 0.1) is 31.2 Å². The zero-order chi connectivity index (χ0) is 23.0. The van der Waals surface area contributed by atoms with Gasteiger partial charge in [0.1, 0.15) is 10.7 Å². The second-order valence-corrected chi connectivity index (χ2v) is 9.72. The van der Waals surface area contributed by atoms with Crippen LogP contribution in [-0.2, 0) is 35.5 Å². The average molecular weight is 472 g/mol. The van der Waals surface area contributed by atoms with E-state index in [-0.39, 0.29) is 12.2 Å². The van der Waals surface area contributed by atoms with Crippen LogP contribution in [0, 0.1) is 0 Å². The quantitative estimate of drug-likeness (QED) is 0.394. The predicted molar refractivity (Wildman–Crippen MR) is 131 cm³/mol. The standard InChI is InChI=1S/C25H33N3O4S/c1-31-13-7-12-28(14-19(29)17-32-16-18-8-3-2-4-9-18)15-22-26-24(30)23-20-10-5-6-11-21(20)33-25(23)27-22/h2-4,8-9,19,29H,5-7,10-17H2,1H3,(H,26,27,30)/t19-/m0/s1. The Bertz CT molecular complexity index is 1080. The van der Waals surface area contributed by atoms with E-state index in [0.29, 0.717) is 32.1 Å². The van der Waals surface area contributed by atoms with Crippen LogP contribution in [0.1, 0.15) is 41.1 Å². The number of aliphatic hydroxyl groups is 1. The molecule has 0 unspecified atom stereocenters. The molecule has 0 bridgehead atoms. The largest absolute Gasteiger partial charge is 0.389 e. The third-order valence-electron chi connectivity index (χ3n) is 5.96. The minimum atomic E-state index is -0.638. The van der Waals surface area contributed by atoms with Crippen molar-refractivity contribution in [1.29, 1.82) is 0 Å². The number of hydrogen-bond donors (Lipinski definition) is 2. The normalized spacial score (nSPS) is 14.6. The first-order valence-electron chi connectivity index (χ1n) is 11.7. The van der Waals surface area contributed by atoms with Gasteiger partial charge in [-0.2, -0.15) is 0 Å². The lowest BCUT2D eigenvalue weighted by Crippen LogP contribution is -2.36. The maximum atomic E-state index is 12.9. The Morgan fingerprint density at radius 1 is 1.24 bits per heavy atom. The maximum Gasteiger partial charge on any atom is 0.259 e. The van der Waals surface area contributed by atoms with Crippen LogP contribution in [0.3, 0.4) is 0 Å². The first kappa shape index (κ1) is 24.0. The van der Waals surface area contributed by atoms with Gasteiger partial charge in [-0.3, -0.25) is 9.69 Å². The van der Waals surface area contributed by atoms with Gasteiger partial charge in [0.2, 0.25) is 0 Å². The lowest BCUT2D eigenvalue weighted by molar-refractivity contribution is 0.00700. The van der Waals surface area contributed by atoms with Gasteiger partial charge in [-0.15, -0.1) is 11.3 Å². The molecule has 0 fully saturated rings. The number of nitrogens with one attached hydrogen (secondary N) is 1. The van der Waals surface area contributed by atoms with E-state index >= 15 is 0 Å².